The predicted molar refractivity (Wildman–Crippen MR) is 124 cm³/mol. The van der Waals surface area contributed by atoms with Gasteiger partial charge in [0.1, 0.15) is 5.22 Å². The zero-order valence-corrected chi connectivity index (χ0v) is 21.3. The van der Waals surface area contributed by atoms with Gasteiger partial charge in [-0.1, -0.05) is 58.3 Å². The first kappa shape index (κ1) is 29.5. The summed E-state index contributed by atoms with van der Waals surface area (Å²) >= 11 is 0. The van der Waals surface area contributed by atoms with Gasteiger partial charge in [0.2, 0.25) is 0 Å². The summed E-state index contributed by atoms with van der Waals surface area (Å²) in [6.07, 6.45) is 12.2. The normalized spacial score (nSPS) is 14.0. The Morgan fingerprint density at radius 1 is 0.767 bits per heavy atom. The van der Waals surface area contributed by atoms with Crippen LogP contribution in [0.15, 0.2) is 0 Å². The number of carboxylic acid groups (broad SMARTS) is 1. The van der Waals surface area contributed by atoms with Gasteiger partial charge in [0, 0.05) is 32.8 Å². The Balaban J connectivity index is 4.26. The molecule has 0 aromatic heterocycles. The fourth-order valence-electron chi connectivity index (χ4n) is 3.86. The topological polar surface area (TPSA) is 74.2 Å². The number of ether oxygens (including phenoxy) is 1. The van der Waals surface area contributed by atoms with Gasteiger partial charge < -0.3 is 23.1 Å². The second-order valence-corrected chi connectivity index (χ2v) is 11.0. The summed E-state index contributed by atoms with van der Waals surface area (Å²) in [5.74, 6) is -0.684. The smallest absolute Gasteiger partial charge is 0.481 e. The fourth-order valence-corrected chi connectivity index (χ4v) is 7.00. The van der Waals surface area contributed by atoms with E-state index in [-0.39, 0.29) is 0 Å². The van der Waals surface area contributed by atoms with Crippen LogP contribution in [0.3, 0.4) is 0 Å². The number of unbranched alkanes of at least 4 members (excludes halogenated alkanes) is 8. The second-order valence-electron chi connectivity index (χ2n) is 8.01. The van der Waals surface area contributed by atoms with Crippen molar-refractivity contribution in [1.29, 1.82) is 0 Å². The summed E-state index contributed by atoms with van der Waals surface area (Å²) in [6, 6.07) is 0. The van der Waals surface area contributed by atoms with E-state index in [2.05, 4.69) is 13.8 Å². The summed E-state index contributed by atoms with van der Waals surface area (Å²) in [5, 5.41) is 8.12. The first-order chi connectivity index (χ1) is 14.4. The van der Waals surface area contributed by atoms with E-state index in [0.717, 1.165) is 44.9 Å². The first-order valence-corrected chi connectivity index (χ1v) is 13.9. The minimum atomic E-state index is -2.93. The third kappa shape index (κ3) is 11.8. The highest BCUT2D eigenvalue weighted by Crippen LogP contribution is 2.33. The van der Waals surface area contributed by atoms with E-state index >= 15 is 0 Å². The molecule has 1 unspecified atom stereocenters. The first-order valence-electron chi connectivity index (χ1n) is 12.2. The van der Waals surface area contributed by atoms with Crippen LogP contribution in [0, 0.1) is 0 Å². The molecule has 0 radical (unpaired) electrons. The maximum atomic E-state index is 10.5. The van der Waals surface area contributed by atoms with Crippen LogP contribution in [0.25, 0.3) is 0 Å². The standard InChI is InChI=1S/C23H48O6Si/c1-6-20-23(5,30(27-7-2,28-8-3)29-9-4)26-21-18-16-14-12-10-11-13-15-17-19-22(24)25/h6-21H2,1-5H3,(H,24,25). The van der Waals surface area contributed by atoms with Gasteiger partial charge in [-0.25, -0.2) is 0 Å². The lowest BCUT2D eigenvalue weighted by atomic mass is 10.1. The molecule has 0 aliphatic carbocycles. The maximum Gasteiger partial charge on any atom is 0.534 e. The lowest BCUT2D eigenvalue weighted by Crippen LogP contribution is -2.65. The van der Waals surface area contributed by atoms with Crippen LogP contribution in [-0.2, 0) is 22.8 Å². The Labute approximate surface area is 186 Å². The number of carboxylic acids is 1. The van der Waals surface area contributed by atoms with E-state index in [0.29, 0.717) is 32.8 Å². The average molecular weight is 449 g/mol. The van der Waals surface area contributed by atoms with E-state index in [1.54, 1.807) is 0 Å². The Kier molecular flexibility index (Phi) is 17.8. The predicted octanol–water partition coefficient (Wildman–Crippen LogP) is 6.14. The van der Waals surface area contributed by atoms with Gasteiger partial charge in [0.25, 0.3) is 0 Å². The number of aliphatic carboxylic acids is 1. The minimum Gasteiger partial charge on any atom is -0.481 e. The van der Waals surface area contributed by atoms with Crippen LogP contribution in [0.2, 0.25) is 0 Å². The fraction of sp³-hybridized carbons (Fsp3) is 0.957. The van der Waals surface area contributed by atoms with E-state index in [9.17, 15) is 4.79 Å². The minimum absolute atomic E-state index is 0.303. The molecule has 0 aromatic carbocycles. The molecule has 0 aromatic rings. The van der Waals surface area contributed by atoms with Gasteiger partial charge in [-0.15, -0.1) is 0 Å². The van der Waals surface area contributed by atoms with E-state index in [4.69, 9.17) is 23.1 Å². The number of rotatable bonds is 22. The zero-order valence-electron chi connectivity index (χ0n) is 20.3. The highest BCUT2D eigenvalue weighted by atomic mass is 28.4. The van der Waals surface area contributed by atoms with Crippen LogP contribution in [0.5, 0.6) is 0 Å². The van der Waals surface area contributed by atoms with Gasteiger partial charge in [-0.2, -0.15) is 0 Å². The summed E-state index contributed by atoms with van der Waals surface area (Å²) < 4.78 is 24.8. The summed E-state index contributed by atoms with van der Waals surface area (Å²) in [7, 11) is -2.93. The van der Waals surface area contributed by atoms with E-state index in [1.807, 2.05) is 20.8 Å². The van der Waals surface area contributed by atoms with Gasteiger partial charge >= 0.3 is 14.8 Å². The Morgan fingerprint density at radius 3 is 1.60 bits per heavy atom. The molecular formula is C23H48O6Si. The van der Waals surface area contributed by atoms with Crippen molar-refractivity contribution in [3.8, 4) is 0 Å². The van der Waals surface area contributed by atoms with Crippen molar-refractivity contribution >= 4 is 14.8 Å². The van der Waals surface area contributed by atoms with Gasteiger partial charge in [-0.3, -0.25) is 4.79 Å². The molecule has 180 valence electrons. The average Bonchev–Trinajstić information content (AvgIpc) is 2.69. The van der Waals surface area contributed by atoms with Crippen molar-refractivity contribution in [2.75, 3.05) is 26.4 Å². The SMILES string of the molecule is CCCC(C)(OCCCCCCCCCCCC(=O)O)[Si](OCC)(OCC)OCC. The van der Waals surface area contributed by atoms with E-state index < -0.39 is 20.0 Å². The second kappa shape index (κ2) is 18.1. The molecule has 0 spiro atoms. The van der Waals surface area contributed by atoms with Crippen molar-refractivity contribution in [2.45, 2.75) is 117 Å². The molecule has 0 saturated heterocycles. The Bertz CT molecular complexity index is 403. The van der Waals surface area contributed by atoms with Crippen LogP contribution < -0.4 is 0 Å². The van der Waals surface area contributed by atoms with Crippen LogP contribution in [0.4, 0.5) is 0 Å². The van der Waals surface area contributed by atoms with Gasteiger partial charge in [0.05, 0.1) is 0 Å². The van der Waals surface area contributed by atoms with Crippen molar-refractivity contribution in [2.24, 2.45) is 0 Å². The molecule has 0 amide bonds. The maximum absolute atomic E-state index is 10.5. The van der Waals surface area contributed by atoms with Gasteiger partial charge in [0.15, 0.2) is 0 Å². The lowest BCUT2D eigenvalue weighted by Gasteiger charge is -2.42. The molecule has 0 heterocycles. The molecule has 0 fully saturated rings. The lowest BCUT2D eigenvalue weighted by molar-refractivity contribution is -0.137. The summed E-state index contributed by atoms with van der Waals surface area (Å²) in [5.41, 5.74) is 0. The van der Waals surface area contributed by atoms with Crippen molar-refractivity contribution < 1.29 is 27.9 Å². The number of hydrogen-bond donors (Lipinski definition) is 1. The van der Waals surface area contributed by atoms with Crippen LogP contribution >= 0.6 is 0 Å². The largest absolute Gasteiger partial charge is 0.534 e. The summed E-state index contributed by atoms with van der Waals surface area (Å²) in [6.45, 7) is 12.6. The van der Waals surface area contributed by atoms with Crippen molar-refractivity contribution in [3.63, 3.8) is 0 Å². The molecule has 7 heteroatoms. The molecular weight excluding hydrogens is 400 g/mol. The Morgan fingerprint density at radius 2 is 1.20 bits per heavy atom. The third-order valence-electron chi connectivity index (χ3n) is 5.33. The molecule has 0 saturated carbocycles. The highest BCUT2D eigenvalue weighted by molar-refractivity contribution is 6.64. The molecule has 30 heavy (non-hydrogen) atoms. The third-order valence-corrected chi connectivity index (χ3v) is 9.03. The molecule has 0 aliphatic heterocycles. The van der Waals surface area contributed by atoms with Crippen LogP contribution in [-0.4, -0.2) is 51.5 Å². The van der Waals surface area contributed by atoms with Crippen LogP contribution in [0.1, 0.15) is 112 Å². The molecule has 0 aliphatic rings. The Hall–Kier alpha value is -0.473. The number of hydrogen-bond acceptors (Lipinski definition) is 5. The number of carbonyl (C=O) groups is 1. The molecule has 1 atom stereocenters. The van der Waals surface area contributed by atoms with E-state index in [1.165, 1.54) is 25.7 Å². The molecule has 1 N–H and O–H groups in total. The quantitative estimate of drug-likeness (QED) is 0.158. The molecule has 0 rings (SSSR count). The monoisotopic (exact) mass is 448 g/mol. The summed E-state index contributed by atoms with van der Waals surface area (Å²) in [4.78, 5) is 10.5. The highest BCUT2D eigenvalue weighted by Gasteiger charge is 2.59. The molecule has 0 bridgehead atoms. The van der Waals surface area contributed by atoms with Crippen molar-refractivity contribution in [3.05, 3.63) is 0 Å². The van der Waals surface area contributed by atoms with Crippen molar-refractivity contribution in [1.82, 2.24) is 0 Å². The zero-order chi connectivity index (χ0) is 22.7. The van der Waals surface area contributed by atoms with Gasteiger partial charge in [-0.05, 0) is 47.0 Å². The molecule has 6 nitrogen and oxygen atoms in total.